The molecule has 0 radical (unpaired) electrons. The van der Waals surface area contributed by atoms with Gasteiger partial charge in [-0.3, -0.25) is 0 Å². The molecule has 1 aliphatic carbocycles. The molecular formula is C16H20N2OS. The molecular weight excluding hydrogens is 268 g/mol. The van der Waals surface area contributed by atoms with Crippen molar-refractivity contribution in [1.82, 2.24) is 10.2 Å². The summed E-state index contributed by atoms with van der Waals surface area (Å²) in [7, 11) is 0. The maximum Gasteiger partial charge on any atom is 0.322 e. The molecule has 0 aromatic heterocycles. The van der Waals surface area contributed by atoms with E-state index in [1.54, 1.807) is 0 Å². The minimum Gasteiger partial charge on any atom is -0.317 e. The van der Waals surface area contributed by atoms with E-state index in [0.29, 0.717) is 12.5 Å². The largest absolute Gasteiger partial charge is 0.322 e. The third-order valence-corrected chi connectivity index (χ3v) is 4.84. The molecule has 1 aliphatic heterocycles. The number of hydrogen-bond acceptors (Lipinski definition) is 2. The zero-order valence-corrected chi connectivity index (χ0v) is 12.6. The Hall–Kier alpha value is -1.42. The molecule has 1 N–H and O–H groups in total. The van der Waals surface area contributed by atoms with Crippen LogP contribution in [0.5, 0.6) is 0 Å². The van der Waals surface area contributed by atoms with Crippen molar-refractivity contribution in [2.75, 3.05) is 0 Å². The SMILES string of the molecule is Cc1ccc(CN2C(=O)NC(=S)C3CCCCC32)cc1. The second-order valence-electron chi connectivity index (χ2n) is 5.87. The van der Waals surface area contributed by atoms with E-state index in [2.05, 4.69) is 36.5 Å². The summed E-state index contributed by atoms with van der Waals surface area (Å²) in [6, 6.07) is 8.66. The van der Waals surface area contributed by atoms with Gasteiger partial charge in [0.25, 0.3) is 0 Å². The van der Waals surface area contributed by atoms with Crippen LogP contribution in [0.1, 0.15) is 36.8 Å². The number of nitrogens with one attached hydrogen (secondary N) is 1. The molecule has 0 bridgehead atoms. The number of carbonyl (C=O) groups is 1. The van der Waals surface area contributed by atoms with Crippen molar-refractivity contribution in [3.8, 4) is 0 Å². The first-order valence-corrected chi connectivity index (χ1v) is 7.73. The molecule has 1 aromatic carbocycles. The van der Waals surface area contributed by atoms with Crippen molar-refractivity contribution < 1.29 is 4.79 Å². The van der Waals surface area contributed by atoms with Crippen LogP contribution in [0, 0.1) is 12.8 Å². The molecule has 3 nitrogen and oxygen atoms in total. The third kappa shape index (κ3) is 2.57. The van der Waals surface area contributed by atoms with Crippen LogP contribution in [0.4, 0.5) is 4.79 Å². The van der Waals surface area contributed by atoms with E-state index in [-0.39, 0.29) is 12.1 Å². The second-order valence-corrected chi connectivity index (χ2v) is 6.31. The summed E-state index contributed by atoms with van der Waals surface area (Å²) in [4.78, 5) is 15.0. The lowest BCUT2D eigenvalue weighted by Gasteiger charge is -2.44. The van der Waals surface area contributed by atoms with Crippen molar-refractivity contribution in [3.63, 3.8) is 0 Å². The zero-order chi connectivity index (χ0) is 14.1. The number of hydrogen-bond donors (Lipinski definition) is 1. The quantitative estimate of drug-likeness (QED) is 0.846. The first-order valence-electron chi connectivity index (χ1n) is 7.32. The van der Waals surface area contributed by atoms with Gasteiger partial charge in [-0.25, -0.2) is 4.79 Å². The maximum atomic E-state index is 12.3. The van der Waals surface area contributed by atoms with Gasteiger partial charge in [0.15, 0.2) is 0 Å². The van der Waals surface area contributed by atoms with Gasteiger partial charge in [0, 0.05) is 18.5 Å². The fourth-order valence-electron chi connectivity index (χ4n) is 3.29. The van der Waals surface area contributed by atoms with E-state index in [1.165, 1.54) is 24.0 Å². The molecule has 4 heteroatoms. The highest BCUT2D eigenvalue weighted by Gasteiger charge is 2.40. The fourth-order valence-corrected chi connectivity index (χ4v) is 3.65. The van der Waals surface area contributed by atoms with E-state index >= 15 is 0 Å². The molecule has 106 valence electrons. The van der Waals surface area contributed by atoms with Crippen molar-refractivity contribution in [2.45, 2.75) is 45.2 Å². The second kappa shape index (κ2) is 5.52. The average molecular weight is 288 g/mol. The molecule has 20 heavy (non-hydrogen) atoms. The number of rotatable bonds is 2. The van der Waals surface area contributed by atoms with Crippen LogP contribution in [0.2, 0.25) is 0 Å². The Balaban J connectivity index is 1.81. The summed E-state index contributed by atoms with van der Waals surface area (Å²) < 4.78 is 0. The standard InChI is InChI=1S/C16H20N2OS/c1-11-6-8-12(9-7-11)10-18-14-5-3-2-4-13(14)15(20)17-16(18)19/h6-9,13-14H,2-5,10H2,1H3,(H,17,19,20). The van der Waals surface area contributed by atoms with E-state index in [9.17, 15) is 4.79 Å². The predicted molar refractivity (Wildman–Crippen MR) is 83.6 cm³/mol. The van der Waals surface area contributed by atoms with Crippen molar-refractivity contribution in [3.05, 3.63) is 35.4 Å². The van der Waals surface area contributed by atoms with Crippen LogP contribution >= 0.6 is 12.2 Å². The lowest BCUT2D eigenvalue weighted by molar-refractivity contribution is 0.127. The molecule has 2 fully saturated rings. The van der Waals surface area contributed by atoms with Gasteiger partial charge < -0.3 is 10.2 Å². The van der Waals surface area contributed by atoms with Gasteiger partial charge in [-0.2, -0.15) is 0 Å². The number of aryl methyl sites for hydroxylation is 1. The third-order valence-electron chi connectivity index (χ3n) is 4.43. The van der Waals surface area contributed by atoms with Gasteiger partial charge >= 0.3 is 6.03 Å². The Bertz CT molecular complexity index is 526. The summed E-state index contributed by atoms with van der Waals surface area (Å²) in [5.41, 5.74) is 2.43. The number of thiocarbonyl (C=S) groups is 1. The number of benzene rings is 1. The predicted octanol–water partition coefficient (Wildman–Crippen LogP) is 3.41. The Labute approximate surface area is 125 Å². The Morgan fingerprint density at radius 3 is 2.70 bits per heavy atom. The molecule has 3 rings (SSSR count). The van der Waals surface area contributed by atoms with Crippen LogP contribution in [-0.2, 0) is 6.54 Å². The fraction of sp³-hybridized carbons (Fsp3) is 0.500. The topological polar surface area (TPSA) is 32.3 Å². The van der Waals surface area contributed by atoms with Crippen LogP contribution in [0.15, 0.2) is 24.3 Å². The van der Waals surface area contributed by atoms with Crippen LogP contribution in [-0.4, -0.2) is 22.0 Å². The lowest BCUT2D eigenvalue weighted by atomic mass is 9.82. The molecule has 0 spiro atoms. The first-order chi connectivity index (χ1) is 9.65. The molecule has 2 amide bonds. The molecule has 2 unspecified atom stereocenters. The van der Waals surface area contributed by atoms with Gasteiger partial charge in [0.2, 0.25) is 0 Å². The zero-order valence-electron chi connectivity index (χ0n) is 11.8. The smallest absolute Gasteiger partial charge is 0.317 e. The van der Waals surface area contributed by atoms with Crippen LogP contribution in [0.3, 0.4) is 0 Å². The Morgan fingerprint density at radius 1 is 1.25 bits per heavy atom. The van der Waals surface area contributed by atoms with Crippen molar-refractivity contribution in [1.29, 1.82) is 0 Å². The van der Waals surface area contributed by atoms with Gasteiger partial charge in [-0.15, -0.1) is 0 Å². The normalized spacial score (nSPS) is 26.1. The Kier molecular flexibility index (Phi) is 3.74. The molecule has 2 aliphatic rings. The average Bonchev–Trinajstić information content (AvgIpc) is 2.45. The number of amides is 2. The molecule has 1 aromatic rings. The summed E-state index contributed by atoms with van der Waals surface area (Å²) in [6.07, 6.45) is 4.59. The highest BCUT2D eigenvalue weighted by atomic mass is 32.1. The molecule has 1 saturated carbocycles. The summed E-state index contributed by atoms with van der Waals surface area (Å²) >= 11 is 5.36. The van der Waals surface area contributed by atoms with Gasteiger partial charge in [-0.1, -0.05) is 54.9 Å². The minimum absolute atomic E-state index is 0.0290. The first kappa shape index (κ1) is 13.6. The number of fused-ring (bicyclic) bond motifs is 1. The highest BCUT2D eigenvalue weighted by Crippen LogP contribution is 2.32. The maximum absolute atomic E-state index is 12.3. The molecule has 2 atom stereocenters. The van der Waals surface area contributed by atoms with Gasteiger partial charge in [0.05, 0.1) is 4.99 Å². The Morgan fingerprint density at radius 2 is 1.95 bits per heavy atom. The number of carbonyl (C=O) groups excluding carboxylic acids is 1. The number of nitrogens with zero attached hydrogens (tertiary/aromatic N) is 1. The van der Waals surface area contributed by atoms with E-state index in [0.717, 1.165) is 17.8 Å². The summed E-state index contributed by atoms with van der Waals surface area (Å²) in [5, 5.41) is 2.88. The van der Waals surface area contributed by atoms with Gasteiger partial charge in [-0.05, 0) is 25.3 Å². The van der Waals surface area contributed by atoms with E-state index in [1.807, 2.05) is 4.90 Å². The number of urea groups is 1. The van der Waals surface area contributed by atoms with Crippen LogP contribution in [0.25, 0.3) is 0 Å². The molecule has 1 saturated heterocycles. The van der Waals surface area contributed by atoms with Crippen LogP contribution < -0.4 is 5.32 Å². The minimum atomic E-state index is -0.0290. The van der Waals surface area contributed by atoms with E-state index < -0.39 is 0 Å². The highest BCUT2D eigenvalue weighted by molar-refractivity contribution is 7.80. The van der Waals surface area contributed by atoms with Crippen molar-refractivity contribution >= 4 is 23.2 Å². The lowest BCUT2D eigenvalue weighted by Crippen LogP contribution is -2.59. The van der Waals surface area contributed by atoms with Crippen molar-refractivity contribution in [2.24, 2.45) is 5.92 Å². The van der Waals surface area contributed by atoms with Gasteiger partial charge in [0.1, 0.15) is 0 Å². The van der Waals surface area contributed by atoms with E-state index in [4.69, 9.17) is 12.2 Å². The monoisotopic (exact) mass is 288 g/mol. The molecule has 1 heterocycles. The summed E-state index contributed by atoms with van der Waals surface area (Å²) in [6.45, 7) is 2.75. The summed E-state index contributed by atoms with van der Waals surface area (Å²) in [5.74, 6) is 0.349.